The van der Waals surface area contributed by atoms with Crippen LogP contribution in [0.25, 0.3) is 16.7 Å². The van der Waals surface area contributed by atoms with Crippen molar-refractivity contribution in [2.75, 3.05) is 31.2 Å². The molecule has 1 aliphatic heterocycles. The number of hydrazine groups is 1. The quantitative estimate of drug-likeness (QED) is 0.439. The van der Waals surface area contributed by atoms with E-state index in [0.717, 1.165) is 35.2 Å². The Kier molecular flexibility index (Phi) is 5.99. The molecule has 1 fully saturated rings. The molecule has 2 amide bonds. The van der Waals surface area contributed by atoms with Gasteiger partial charge >= 0.3 is 0 Å². The number of amides is 2. The Morgan fingerprint density at radius 1 is 0.971 bits per heavy atom. The number of carbonyl (C=O) groups excluding carboxylic acids is 2. The molecule has 0 unspecified atom stereocenters. The number of nitrogens with zero attached hydrogens (tertiary/aromatic N) is 4. The van der Waals surface area contributed by atoms with Gasteiger partial charge in [-0.15, -0.1) is 0 Å². The van der Waals surface area contributed by atoms with Crippen LogP contribution in [0.1, 0.15) is 31.5 Å². The van der Waals surface area contributed by atoms with Crippen LogP contribution in [0.15, 0.2) is 48.5 Å². The average Bonchev–Trinajstić information content (AvgIpc) is 3.42. The standard InChI is InChI=1S/C24H24N6O3S/c1-15-21(34-24(25-15)29-10-12-33-13-11-29)23(32)28-27-22(31)17-8-9-20-19(14-17)26-16(2)30(20)18-6-4-3-5-7-18/h3-9,14H,10-13H2,1-2H3,(H,27,31)(H,28,32). The van der Waals surface area contributed by atoms with Crippen molar-refractivity contribution in [3.8, 4) is 5.69 Å². The number of hydrogen-bond acceptors (Lipinski definition) is 7. The molecule has 4 aromatic rings. The lowest BCUT2D eigenvalue weighted by molar-refractivity contribution is 0.0848. The molecule has 5 rings (SSSR count). The molecule has 10 heteroatoms. The fraction of sp³-hybridized carbons (Fsp3) is 0.250. The maximum Gasteiger partial charge on any atom is 0.281 e. The lowest BCUT2D eigenvalue weighted by atomic mass is 10.2. The molecule has 1 aliphatic rings. The van der Waals surface area contributed by atoms with Crippen LogP contribution >= 0.6 is 11.3 Å². The molecule has 174 valence electrons. The highest BCUT2D eigenvalue weighted by molar-refractivity contribution is 7.17. The minimum absolute atomic E-state index is 0.395. The third kappa shape index (κ3) is 4.25. The summed E-state index contributed by atoms with van der Waals surface area (Å²) in [5.74, 6) is 0.00896. The van der Waals surface area contributed by atoms with E-state index in [1.165, 1.54) is 11.3 Å². The first-order valence-electron chi connectivity index (χ1n) is 11.0. The number of imidazole rings is 1. The summed E-state index contributed by atoms with van der Waals surface area (Å²) in [5.41, 5.74) is 8.65. The van der Waals surface area contributed by atoms with Gasteiger partial charge in [0.15, 0.2) is 5.13 Å². The van der Waals surface area contributed by atoms with Gasteiger partial charge in [0.1, 0.15) is 10.7 Å². The van der Waals surface area contributed by atoms with E-state index < -0.39 is 11.8 Å². The average molecular weight is 477 g/mol. The fourth-order valence-corrected chi connectivity index (χ4v) is 4.98. The number of hydrogen-bond donors (Lipinski definition) is 2. The second kappa shape index (κ2) is 9.24. The zero-order chi connectivity index (χ0) is 23.7. The van der Waals surface area contributed by atoms with Crippen molar-refractivity contribution in [2.24, 2.45) is 0 Å². The van der Waals surface area contributed by atoms with Crippen LogP contribution in [0.2, 0.25) is 0 Å². The Hall–Kier alpha value is -3.76. The van der Waals surface area contributed by atoms with Gasteiger partial charge < -0.3 is 9.64 Å². The first kappa shape index (κ1) is 22.1. The molecule has 1 saturated heterocycles. The highest BCUT2D eigenvalue weighted by atomic mass is 32.1. The molecule has 0 spiro atoms. The number of thiazole rings is 1. The lowest BCUT2D eigenvalue weighted by Gasteiger charge is -2.25. The highest BCUT2D eigenvalue weighted by Gasteiger charge is 2.21. The summed E-state index contributed by atoms with van der Waals surface area (Å²) in [6.45, 7) is 6.48. The molecule has 0 atom stereocenters. The second-order valence-electron chi connectivity index (χ2n) is 7.95. The van der Waals surface area contributed by atoms with Crippen LogP contribution in [0, 0.1) is 13.8 Å². The van der Waals surface area contributed by atoms with Gasteiger partial charge in [0.2, 0.25) is 0 Å². The normalized spacial score (nSPS) is 13.8. The number of morpholine rings is 1. The third-order valence-corrected chi connectivity index (χ3v) is 6.88. The molecule has 9 nitrogen and oxygen atoms in total. The van der Waals surface area contributed by atoms with Crippen molar-refractivity contribution in [2.45, 2.75) is 13.8 Å². The number of nitrogens with one attached hydrogen (secondary N) is 2. The summed E-state index contributed by atoms with van der Waals surface area (Å²) >= 11 is 1.31. The second-order valence-corrected chi connectivity index (χ2v) is 8.93. The number of ether oxygens (including phenoxy) is 1. The monoisotopic (exact) mass is 476 g/mol. The SMILES string of the molecule is Cc1nc(N2CCOCC2)sc1C(=O)NNC(=O)c1ccc2c(c1)nc(C)n2-c1ccccc1. The Bertz CT molecular complexity index is 1360. The number of fused-ring (bicyclic) bond motifs is 1. The van der Waals surface area contributed by atoms with Gasteiger partial charge in [-0.3, -0.25) is 25.0 Å². The lowest BCUT2D eigenvalue weighted by Crippen LogP contribution is -2.41. The van der Waals surface area contributed by atoms with Crippen molar-refractivity contribution in [1.29, 1.82) is 0 Å². The summed E-state index contributed by atoms with van der Waals surface area (Å²) in [6.07, 6.45) is 0. The van der Waals surface area contributed by atoms with E-state index in [1.54, 1.807) is 19.1 Å². The predicted octanol–water partition coefficient (Wildman–Crippen LogP) is 3.01. The van der Waals surface area contributed by atoms with Crippen molar-refractivity contribution < 1.29 is 14.3 Å². The largest absolute Gasteiger partial charge is 0.378 e. The highest BCUT2D eigenvalue weighted by Crippen LogP contribution is 2.26. The van der Waals surface area contributed by atoms with Crippen molar-refractivity contribution in [1.82, 2.24) is 25.4 Å². The topological polar surface area (TPSA) is 101 Å². The summed E-state index contributed by atoms with van der Waals surface area (Å²) in [7, 11) is 0. The Balaban J connectivity index is 1.29. The zero-order valence-electron chi connectivity index (χ0n) is 18.9. The number of aryl methyl sites for hydroxylation is 2. The molecule has 0 saturated carbocycles. The van der Waals surface area contributed by atoms with E-state index in [9.17, 15) is 9.59 Å². The number of anilines is 1. The number of para-hydroxylation sites is 1. The summed E-state index contributed by atoms with van der Waals surface area (Å²) in [4.78, 5) is 37.1. The van der Waals surface area contributed by atoms with Gasteiger partial charge in [0, 0.05) is 24.3 Å². The minimum Gasteiger partial charge on any atom is -0.378 e. The smallest absolute Gasteiger partial charge is 0.281 e. The van der Waals surface area contributed by atoms with Gasteiger partial charge in [0.05, 0.1) is 29.9 Å². The van der Waals surface area contributed by atoms with E-state index in [1.807, 2.05) is 47.9 Å². The molecule has 2 aromatic heterocycles. The van der Waals surface area contributed by atoms with Crippen molar-refractivity contribution in [3.63, 3.8) is 0 Å². The molecule has 2 N–H and O–H groups in total. The van der Waals surface area contributed by atoms with Crippen LogP contribution in [0.5, 0.6) is 0 Å². The summed E-state index contributed by atoms with van der Waals surface area (Å²) < 4.78 is 7.41. The minimum atomic E-state index is -0.419. The fourth-order valence-electron chi connectivity index (χ4n) is 3.97. The zero-order valence-corrected chi connectivity index (χ0v) is 19.7. The summed E-state index contributed by atoms with van der Waals surface area (Å²) in [6, 6.07) is 15.2. The molecule has 3 heterocycles. The third-order valence-electron chi connectivity index (χ3n) is 5.66. The van der Waals surface area contributed by atoms with E-state index in [0.29, 0.717) is 34.9 Å². The Morgan fingerprint density at radius 2 is 1.71 bits per heavy atom. The molecule has 34 heavy (non-hydrogen) atoms. The number of rotatable bonds is 4. The maximum atomic E-state index is 12.7. The molecular weight excluding hydrogens is 452 g/mol. The van der Waals surface area contributed by atoms with E-state index >= 15 is 0 Å². The first-order valence-corrected chi connectivity index (χ1v) is 11.8. The van der Waals surface area contributed by atoms with Gasteiger partial charge in [-0.05, 0) is 44.2 Å². The first-order chi connectivity index (χ1) is 16.5. The Morgan fingerprint density at radius 3 is 2.47 bits per heavy atom. The molecule has 0 bridgehead atoms. The van der Waals surface area contributed by atoms with Crippen LogP contribution in [-0.4, -0.2) is 52.7 Å². The van der Waals surface area contributed by atoms with Gasteiger partial charge in [0.25, 0.3) is 11.8 Å². The number of carbonyl (C=O) groups is 2. The molecule has 2 aromatic carbocycles. The molecular formula is C24H24N6O3S. The summed E-state index contributed by atoms with van der Waals surface area (Å²) in [5, 5.41) is 0.784. The van der Waals surface area contributed by atoms with E-state index in [2.05, 4.69) is 25.7 Å². The molecule has 0 radical (unpaired) electrons. The van der Waals surface area contributed by atoms with Crippen molar-refractivity contribution in [3.05, 3.63) is 70.5 Å². The van der Waals surface area contributed by atoms with E-state index in [4.69, 9.17) is 4.74 Å². The van der Waals surface area contributed by atoms with Gasteiger partial charge in [-0.2, -0.15) is 0 Å². The van der Waals surface area contributed by atoms with Crippen LogP contribution in [-0.2, 0) is 4.74 Å². The Labute approximate surface area is 200 Å². The number of benzene rings is 2. The predicted molar refractivity (Wildman–Crippen MR) is 131 cm³/mol. The number of aromatic nitrogens is 3. The van der Waals surface area contributed by atoms with Crippen LogP contribution in [0.3, 0.4) is 0 Å². The van der Waals surface area contributed by atoms with Gasteiger partial charge in [-0.1, -0.05) is 29.5 Å². The van der Waals surface area contributed by atoms with Crippen LogP contribution < -0.4 is 15.8 Å². The maximum absolute atomic E-state index is 12.7. The van der Waals surface area contributed by atoms with E-state index in [-0.39, 0.29) is 0 Å². The van der Waals surface area contributed by atoms with Crippen LogP contribution in [0.4, 0.5) is 5.13 Å². The molecule has 0 aliphatic carbocycles. The van der Waals surface area contributed by atoms with Gasteiger partial charge in [-0.25, -0.2) is 9.97 Å². The van der Waals surface area contributed by atoms with Crippen molar-refractivity contribution >= 4 is 39.3 Å².